The molecule has 0 saturated heterocycles. The fourth-order valence-electron chi connectivity index (χ4n) is 0.771. The van der Waals surface area contributed by atoms with Gasteiger partial charge in [-0.25, -0.2) is 4.73 Å². The molecule has 0 rings (SSSR count). The molecule has 0 radical (unpaired) electrons. The van der Waals surface area contributed by atoms with Gasteiger partial charge in [0.25, 0.3) is 0 Å². The summed E-state index contributed by atoms with van der Waals surface area (Å²) in [5.41, 5.74) is 0. The third-order valence-corrected chi connectivity index (χ3v) is 5.35. The van der Waals surface area contributed by atoms with Crippen LogP contribution in [0.3, 0.4) is 0 Å². The van der Waals surface area contributed by atoms with Crippen molar-refractivity contribution < 1.29 is 5.21 Å². The highest BCUT2D eigenvalue weighted by Crippen LogP contribution is 2.14. The average Bonchev–Trinajstić information content (AvgIpc) is 1.84. The lowest BCUT2D eigenvalue weighted by atomic mass is 10.4. The Balaban J connectivity index is 3.63. The van der Waals surface area contributed by atoms with Crippen LogP contribution in [0.2, 0.25) is 19.1 Å². The van der Waals surface area contributed by atoms with Crippen LogP contribution in [0.25, 0.3) is 0 Å². The summed E-state index contributed by atoms with van der Waals surface area (Å²) in [5.74, 6) is 0. The van der Waals surface area contributed by atoms with E-state index >= 15 is 0 Å². The molecule has 1 N–H and O–H groups in total. The minimum atomic E-state index is -1.41. The van der Waals surface area contributed by atoms with Gasteiger partial charge in [-0.2, -0.15) is 0 Å². The number of hydroxylamine groups is 1. The van der Waals surface area contributed by atoms with Gasteiger partial charge in [-0.05, 0) is 6.04 Å². The van der Waals surface area contributed by atoms with Crippen LogP contribution < -0.4 is 0 Å². The van der Waals surface area contributed by atoms with Crippen LogP contribution in [0.1, 0.15) is 19.8 Å². The van der Waals surface area contributed by atoms with Crippen molar-refractivity contribution in [2.45, 2.75) is 38.9 Å². The van der Waals surface area contributed by atoms with Gasteiger partial charge in [-0.3, -0.25) is 0 Å². The third-order valence-electron chi connectivity index (χ3n) is 2.02. The van der Waals surface area contributed by atoms with Gasteiger partial charge in [0.1, 0.15) is 0 Å². The maximum Gasteiger partial charge on any atom is 0.153 e. The Morgan fingerprint density at radius 2 is 1.90 bits per heavy atom. The minimum absolute atomic E-state index is 1.19. The lowest BCUT2D eigenvalue weighted by molar-refractivity contribution is 0.0162. The first-order chi connectivity index (χ1) is 4.50. The highest BCUT2D eigenvalue weighted by molar-refractivity contribution is 6.74. The molecule has 0 bridgehead atoms. The number of hydrogen-bond donors (Lipinski definition) is 1. The summed E-state index contributed by atoms with van der Waals surface area (Å²) in [7, 11) is 0.353. The predicted octanol–water partition coefficient (Wildman–Crippen LogP) is 2.31. The molecule has 0 aliphatic heterocycles. The first kappa shape index (κ1) is 10.1. The molecule has 0 spiro atoms. The van der Waals surface area contributed by atoms with E-state index in [2.05, 4.69) is 20.0 Å². The summed E-state index contributed by atoms with van der Waals surface area (Å²) < 4.78 is 1.43. The van der Waals surface area contributed by atoms with Gasteiger partial charge in [-0.15, -0.1) is 0 Å². The number of nitrogens with zero attached hydrogens (tertiary/aromatic N) is 1. The van der Waals surface area contributed by atoms with Crippen LogP contribution in [0.15, 0.2) is 0 Å². The van der Waals surface area contributed by atoms with Crippen LogP contribution in [-0.2, 0) is 0 Å². The van der Waals surface area contributed by atoms with Crippen LogP contribution in [0, 0.1) is 0 Å². The van der Waals surface area contributed by atoms with Crippen LogP contribution in [-0.4, -0.2) is 25.2 Å². The summed E-state index contributed by atoms with van der Waals surface area (Å²) in [6, 6.07) is 1.19. The molecule has 2 nitrogen and oxygen atoms in total. The van der Waals surface area contributed by atoms with Crippen LogP contribution >= 0.6 is 0 Å². The summed E-state index contributed by atoms with van der Waals surface area (Å²) in [6.45, 7) is 6.55. The van der Waals surface area contributed by atoms with Gasteiger partial charge in [0, 0.05) is 7.05 Å². The maximum atomic E-state index is 9.20. The van der Waals surface area contributed by atoms with Gasteiger partial charge < -0.3 is 5.21 Å². The summed E-state index contributed by atoms with van der Waals surface area (Å²) in [5, 5.41) is 9.20. The molecule has 10 heavy (non-hydrogen) atoms. The van der Waals surface area contributed by atoms with E-state index in [-0.39, 0.29) is 0 Å². The largest absolute Gasteiger partial charge is 0.321 e. The quantitative estimate of drug-likeness (QED) is 0.505. The van der Waals surface area contributed by atoms with Crippen molar-refractivity contribution in [3.05, 3.63) is 0 Å². The number of unbranched alkanes of at least 4 members (excludes halogenated alkanes) is 1. The molecule has 0 unspecified atom stereocenters. The zero-order chi connectivity index (χ0) is 8.20. The maximum absolute atomic E-state index is 9.20. The van der Waals surface area contributed by atoms with Crippen molar-refractivity contribution in [1.29, 1.82) is 0 Å². The Bertz CT molecular complexity index is 93.6. The van der Waals surface area contributed by atoms with Gasteiger partial charge in [0.2, 0.25) is 0 Å². The summed E-state index contributed by atoms with van der Waals surface area (Å²) in [6.07, 6.45) is 2.47. The van der Waals surface area contributed by atoms with Crippen molar-refractivity contribution in [3.8, 4) is 0 Å². The molecule has 0 fully saturated rings. The monoisotopic (exact) mass is 161 g/mol. The number of hydrogen-bond acceptors (Lipinski definition) is 2. The van der Waals surface area contributed by atoms with Crippen molar-refractivity contribution >= 4 is 8.24 Å². The first-order valence-corrected chi connectivity index (χ1v) is 7.09. The fraction of sp³-hybridized carbons (Fsp3) is 1.00. The summed E-state index contributed by atoms with van der Waals surface area (Å²) >= 11 is 0. The molecule has 3 heteroatoms. The SMILES string of the molecule is CCCC[Si](C)(C)N(C)O. The van der Waals surface area contributed by atoms with Crippen LogP contribution in [0.4, 0.5) is 0 Å². The van der Waals surface area contributed by atoms with E-state index in [0.29, 0.717) is 0 Å². The second kappa shape index (κ2) is 4.11. The van der Waals surface area contributed by atoms with Crippen molar-refractivity contribution in [2.24, 2.45) is 0 Å². The molecular weight excluding hydrogens is 142 g/mol. The Kier molecular flexibility index (Phi) is 4.16. The molecule has 0 aromatic rings. The Hall–Kier alpha value is 0.137. The summed E-state index contributed by atoms with van der Waals surface area (Å²) in [4.78, 5) is 0. The highest BCUT2D eigenvalue weighted by atomic mass is 28.3. The van der Waals surface area contributed by atoms with Crippen molar-refractivity contribution in [3.63, 3.8) is 0 Å². The zero-order valence-electron chi connectivity index (χ0n) is 7.52. The highest BCUT2D eigenvalue weighted by Gasteiger charge is 2.24. The van der Waals surface area contributed by atoms with Crippen LogP contribution in [0.5, 0.6) is 0 Å². The normalized spacial score (nSPS) is 12.6. The minimum Gasteiger partial charge on any atom is -0.321 e. The molecule has 0 amide bonds. The zero-order valence-corrected chi connectivity index (χ0v) is 8.52. The number of rotatable bonds is 4. The molecule has 0 heterocycles. The molecule has 0 aromatic carbocycles. The van der Waals surface area contributed by atoms with E-state index in [4.69, 9.17) is 0 Å². The Morgan fingerprint density at radius 1 is 1.40 bits per heavy atom. The van der Waals surface area contributed by atoms with Gasteiger partial charge in [-0.1, -0.05) is 32.9 Å². The fourth-order valence-corrected chi connectivity index (χ4v) is 2.31. The lowest BCUT2D eigenvalue weighted by Crippen LogP contribution is -2.43. The Labute approximate surface area is 64.9 Å². The van der Waals surface area contributed by atoms with E-state index in [9.17, 15) is 5.21 Å². The Morgan fingerprint density at radius 3 is 2.20 bits per heavy atom. The average molecular weight is 161 g/mol. The molecule has 0 atom stereocenters. The third kappa shape index (κ3) is 3.34. The second-order valence-electron chi connectivity index (χ2n) is 3.44. The molecule has 62 valence electrons. The molecule has 0 aromatic heterocycles. The molecule has 0 aliphatic rings. The van der Waals surface area contributed by atoms with E-state index in [1.807, 2.05) is 0 Å². The predicted molar refractivity (Wildman–Crippen MR) is 46.7 cm³/mol. The van der Waals surface area contributed by atoms with E-state index in [0.717, 1.165) is 0 Å². The molecule has 0 aliphatic carbocycles. The first-order valence-electron chi connectivity index (χ1n) is 3.93. The lowest BCUT2D eigenvalue weighted by Gasteiger charge is -2.27. The molecular formula is C7H19NOSi. The van der Waals surface area contributed by atoms with E-state index in [1.54, 1.807) is 7.05 Å². The van der Waals surface area contributed by atoms with Gasteiger partial charge in [0.15, 0.2) is 8.24 Å². The van der Waals surface area contributed by atoms with Gasteiger partial charge in [0.05, 0.1) is 0 Å². The van der Waals surface area contributed by atoms with E-state index in [1.165, 1.54) is 23.6 Å². The smallest absolute Gasteiger partial charge is 0.153 e. The van der Waals surface area contributed by atoms with Gasteiger partial charge >= 0.3 is 0 Å². The van der Waals surface area contributed by atoms with E-state index < -0.39 is 8.24 Å². The second-order valence-corrected chi connectivity index (χ2v) is 8.21. The topological polar surface area (TPSA) is 23.5 Å². The van der Waals surface area contributed by atoms with Crippen molar-refractivity contribution in [2.75, 3.05) is 7.05 Å². The van der Waals surface area contributed by atoms with Crippen molar-refractivity contribution in [1.82, 2.24) is 4.73 Å². The molecule has 0 saturated carbocycles. The standard InChI is InChI=1S/C7H19NOSi/c1-5-6-7-10(3,4)8(2)9/h9H,5-7H2,1-4H3.